The molecule has 0 bridgehead atoms. The van der Waals surface area contributed by atoms with Crippen molar-refractivity contribution in [1.82, 2.24) is 19.5 Å². The van der Waals surface area contributed by atoms with Gasteiger partial charge in [-0.3, -0.25) is 23.9 Å². The molecule has 1 aliphatic heterocycles. The number of alkyl halides is 1. The Labute approximate surface area is 189 Å². The summed E-state index contributed by atoms with van der Waals surface area (Å²) in [6.45, 7) is 9.80. The van der Waals surface area contributed by atoms with E-state index in [9.17, 15) is 14.4 Å². The molecule has 0 unspecified atom stereocenters. The van der Waals surface area contributed by atoms with Gasteiger partial charge in [-0.2, -0.15) is 4.98 Å². The van der Waals surface area contributed by atoms with E-state index in [1.54, 1.807) is 34.7 Å². The van der Waals surface area contributed by atoms with Crippen molar-refractivity contribution in [3.8, 4) is 0 Å². The number of carbonyl (C=O) groups excluding carboxylic acids is 2. The number of nitrogens with one attached hydrogen (secondary N) is 2. The maximum atomic E-state index is 15.8. The molecule has 1 saturated heterocycles. The smallest absolute Gasteiger partial charge is 0.308 e. The van der Waals surface area contributed by atoms with Crippen molar-refractivity contribution in [2.45, 2.75) is 51.8 Å². The monoisotopic (exact) mass is 465 g/mol. The minimum atomic E-state index is -1.92. The van der Waals surface area contributed by atoms with Crippen molar-refractivity contribution < 1.29 is 28.2 Å². The number of aromatic nitrogens is 4. The maximum absolute atomic E-state index is 15.8. The van der Waals surface area contributed by atoms with E-state index in [-0.39, 0.29) is 17.1 Å². The molecule has 0 radical (unpaired) electrons. The third-order valence-corrected chi connectivity index (χ3v) is 5.30. The second-order valence-electron chi connectivity index (χ2n) is 8.38. The number of nitrogens with zero attached hydrogens (tertiary/aromatic N) is 3. The second-order valence-corrected chi connectivity index (χ2v) is 8.38. The second kappa shape index (κ2) is 9.30. The molecule has 12 heteroatoms. The highest BCUT2D eigenvalue weighted by molar-refractivity contribution is 5.73. The van der Waals surface area contributed by atoms with Crippen LogP contribution in [0.1, 0.15) is 33.9 Å². The summed E-state index contributed by atoms with van der Waals surface area (Å²) in [5.74, 6) is -2.02. The molecule has 1 fully saturated rings. The van der Waals surface area contributed by atoms with E-state index in [1.807, 2.05) is 0 Å². The van der Waals surface area contributed by atoms with Gasteiger partial charge in [0.1, 0.15) is 6.61 Å². The maximum Gasteiger partial charge on any atom is 0.308 e. The molecular formula is C21H28FN5O6. The topological polar surface area (TPSA) is 137 Å². The van der Waals surface area contributed by atoms with Crippen molar-refractivity contribution in [3.05, 3.63) is 29.3 Å². The van der Waals surface area contributed by atoms with Crippen molar-refractivity contribution in [2.75, 3.05) is 19.0 Å². The average Bonchev–Trinajstić information content (AvgIpc) is 3.32. The highest BCUT2D eigenvalue weighted by Gasteiger charge is 2.58. The summed E-state index contributed by atoms with van der Waals surface area (Å²) >= 11 is 0. The number of rotatable bonds is 8. The zero-order chi connectivity index (χ0) is 24.5. The largest absolute Gasteiger partial charge is 0.462 e. The first-order valence-corrected chi connectivity index (χ1v) is 10.5. The molecule has 0 amide bonds. The van der Waals surface area contributed by atoms with Crippen LogP contribution in [0, 0.1) is 11.8 Å². The molecule has 4 atom stereocenters. The Bertz CT molecular complexity index is 1110. The minimum absolute atomic E-state index is 0.0251. The van der Waals surface area contributed by atoms with Gasteiger partial charge in [-0.1, -0.05) is 40.3 Å². The van der Waals surface area contributed by atoms with Crippen LogP contribution in [0.3, 0.4) is 0 Å². The number of halogens is 1. The van der Waals surface area contributed by atoms with Crippen LogP contribution in [0.4, 0.5) is 10.3 Å². The Hall–Kier alpha value is -3.28. The van der Waals surface area contributed by atoms with Gasteiger partial charge in [0.2, 0.25) is 5.95 Å². The Morgan fingerprint density at radius 2 is 2.03 bits per heavy atom. The van der Waals surface area contributed by atoms with Gasteiger partial charge < -0.3 is 19.5 Å². The molecule has 2 aromatic heterocycles. The Morgan fingerprint density at radius 3 is 2.61 bits per heavy atom. The van der Waals surface area contributed by atoms with Gasteiger partial charge in [0, 0.05) is 7.05 Å². The fraction of sp³-hybridized carbons (Fsp3) is 0.571. The van der Waals surface area contributed by atoms with Crippen molar-refractivity contribution in [3.63, 3.8) is 0 Å². The molecule has 0 saturated carbocycles. The fourth-order valence-electron chi connectivity index (χ4n) is 3.33. The molecule has 0 spiro atoms. The third kappa shape index (κ3) is 4.47. The number of imidazole rings is 1. The normalized spacial score (nSPS) is 24.9. The summed E-state index contributed by atoms with van der Waals surface area (Å²) in [6.07, 6.45) is -2.32. The number of aromatic amines is 1. The van der Waals surface area contributed by atoms with Gasteiger partial charge in [-0.25, -0.2) is 9.37 Å². The molecule has 0 aromatic carbocycles. The predicted molar refractivity (Wildman–Crippen MR) is 116 cm³/mol. The Kier molecular flexibility index (Phi) is 6.86. The Morgan fingerprint density at radius 1 is 1.36 bits per heavy atom. The zero-order valence-electron chi connectivity index (χ0n) is 19.1. The standard InChI is InChI=1S/C21H28FN5O6/c1-7-21(8-31-18(29)10(2)3)14(32-19(30)11(4)5)12(22)17(33-21)27-9-24-13-15(27)25-20(23-6)26-16(13)28/h7,9-12,14,17H,1,8H2,2-6H3,(H2,23,25,26,28)/t12-,14+,17-,21-/m1/s1. The summed E-state index contributed by atoms with van der Waals surface area (Å²) < 4.78 is 33.9. The fourth-order valence-corrected chi connectivity index (χ4v) is 3.33. The summed E-state index contributed by atoms with van der Waals surface area (Å²) in [7, 11) is 1.56. The van der Waals surface area contributed by atoms with Crippen LogP contribution >= 0.6 is 0 Å². The lowest BCUT2D eigenvalue weighted by Gasteiger charge is -2.31. The predicted octanol–water partition coefficient (Wildman–Crippen LogP) is 1.72. The molecule has 0 aliphatic carbocycles. The molecule has 3 heterocycles. The van der Waals surface area contributed by atoms with Gasteiger partial charge in [0.25, 0.3) is 5.56 Å². The lowest BCUT2D eigenvalue weighted by molar-refractivity contribution is -0.172. The Balaban J connectivity index is 2.05. The molecule has 1 aliphatic rings. The molecule has 180 valence electrons. The summed E-state index contributed by atoms with van der Waals surface area (Å²) in [4.78, 5) is 47.5. The lowest BCUT2D eigenvalue weighted by Crippen LogP contribution is -2.48. The van der Waals surface area contributed by atoms with E-state index in [0.717, 1.165) is 0 Å². The number of hydrogen-bond acceptors (Lipinski definition) is 9. The van der Waals surface area contributed by atoms with Crippen molar-refractivity contribution in [1.29, 1.82) is 0 Å². The summed E-state index contributed by atoms with van der Waals surface area (Å²) in [5.41, 5.74) is -2.17. The number of H-pyrrole nitrogens is 1. The van der Waals surface area contributed by atoms with E-state index in [1.165, 1.54) is 17.0 Å². The van der Waals surface area contributed by atoms with Crippen LogP contribution in [0.5, 0.6) is 0 Å². The van der Waals surface area contributed by atoms with Gasteiger partial charge in [0.05, 0.1) is 18.2 Å². The highest BCUT2D eigenvalue weighted by Crippen LogP contribution is 2.43. The number of fused-ring (bicyclic) bond motifs is 1. The van der Waals surface area contributed by atoms with E-state index < -0.39 is 60.0 Å². The number of hydrogen-bond donors (Lipinski definition) is 2. The summed E-state index contributed by atoms with van der Waals surface area (Å²) in [5, 5.41) is 2.71. The van der Waals surface area contributed by atoms with Gasteiger partial charge >= 0.3 is 11.9 Å². The van der Waals surface area contributed by atoms with Gasteiger partial charge in [-0.05, 0) is 0 Å². The number of anilines is 1. The van der Waals surface area contributed by atoms with E-state index in [4.69, 9.17) is 14.2 Å². The van der Waals surface area contributed by atoms with E-state index >= 15 is 4.39 Å². The molecule has 2 aromatic rings. The zero-order valence-corrected chi connectivity index (χ0v) is 19.1. The quantitative estimate of drug-likeness (QED) is 0.441. The van der Waals surface area contributed by atoms with Crippen LogP contribution < -0.4 is 10.9 Å². The van der Waals surface area contributed by atoms with Crippen LogP contribution in [0.25, 0.3) is 11.2 Å². The first-order valence-electron chi connectivity index (χ1n) is 10.5. The first-order chi connectivity index (χ1) is 15.5. The number of esters is 2. The molecule has 33 heavy (non-hydrogen) atoms. The SMILES string of the molecule is C=C[C@]1(COC(=O)C(C)C)O[C@@H](n2cnc3c(=O)[nH]c(NC)nc32)[C@H](F)[C@@H]1OC(=O)C(C)C. The molecular weight excluding hydrogens is 437 g/mol. The highest BCUT2D eigenvalue weighted by atomic mass is 19.1. The minimum Gasteiger partial charge on any atom is -0.462 e. The number of ether oxygens (including phenoxy) is 3. The number of carbonyl (C=O) groups is 2. The van der Waals surface area contributed by atoms with Gasteiger partial charge in [0.15, 0.2) is 35.3 Å². The van der Waals surface area contributed by atoms with Crippen LogP contribution in [0.2, 0.25) is 0 Å². The van der Waals surface area contributed by atoms with Crippen LogP contribution in [0.15, 0.2) is 23.8 Å². The average molecular weight is 465 g/mol. The third-order valence-electron chi connectivity index (χ3n) is 5.30. The van der Waals surface area contributed by atoms with Crippen LogP contribution in [-0.2, 0) is 23.8 Å². The van der Waals surface area contributed by atoms with E-state index in [2.05, 4.69) is 26.8 Å². The van der Waals surface area contributed by atoms with Crippen molar-refractivity contribution in [2.24, 2.45) is 11.8 Å². The van der Waals surface area contributed by atoms with Crippen LogP contribution in [-0.4, -0.2) is 63.0 Å². The first kappa shape index (κ1) is 24.4. The molecule has 3 rings (SSSR count). The van der Waals surface area contributed by atoms with Gasteiger partial charge in [-0.15, -0.1) is 0 Å². The van der Waals surface area contributed by atoms with E-state index in [0.29, 0.717) is 0 Å². The molecule has 11 nitrogen and oxygen atoms in total. The van der Waals surface area contributed by atoms with Crippen molar-refractivity contribution >= 4 is 29.1 Å². The lowest BCUT2D eigenvalue weighted by atomic mass is 9.96. The molecule has 2 N–H and O–H groups in total. The summed E-state index contributed by atoms with van der Waals surface area (Å²) in [6, 6.07) is 0.